The lowest BCUT2D eigenvalue weighted by Crippen LogP contribution is -2.46. The number of rotatable bonds is 6. The fourth-order valence-corrected chi connectivity index (χ4v) is 4.51. The molecule has 1 aliphatic heterocycles. The van der Waals surface area contributed by atoms with Crippen molar-refractivity contribution in [1.82, 2.24) is 10.2 Å². The average Bonchev–Trinajstić information content (AvgIpc) is 2.83. The van der Waals surface area contributed by atoms with E-state index in [4.69, 9.17) is 0 Å². The van der Waals surface area contributed by atoms with Gasteiger partial charge in [0.15, 0.2) is 0 Å². The van der Waals surface area contributed by atoms with Gasteiger partial charge in [-0.2, -0.15) is 0 Å². The van der Waals surface area contributed by atoms with Gasteiger partial charge in [-0.1, -0.05) is 91.0 Å². The van der Waals surface area contributed by atoms with Crippen LogP contribution < -0.4 is 5.32 Å². The normalized spacial score (nSPS) is 15.1. The van der Waals surface area contributed by atoms with E-state index >= 15 is 0 Å². The Kier molecular flexibility index (Phi) is 5.42. The number of hydrogen-bond acceptors (Lipinski definition) is 2. The number of carbonyl (C=O) groups excluding carboxylic acids is 2. The molecule has 0 radical (unpaired) electrons. The van der Waals surface area contributed by atoms with E-state index in [0.717, 1.165) is 28.3 Å². The first-order chi connectivity index (χ1) is 15.7. The maximum Gasteiger partial charge on any atom is 0.255 e. The van der Waals surface area contributed by atoms with Crippen molar-refractivity contribution in [1.29, 1.82) is 0 Å². The van der Waals surface area contributed by atoms with E-state index in [0.29, 0.717) is 18.7 Å². The molecule has 1 N–H and O–H groups in total. The van der Waals surface area contributed by atoms with Crippen molar-refractivity contribution >= 4 is 22.6 Å². The van der Waals surface area contributed by atoms with Crippen LogP contribution in [0.15, 0.2) is 97.1 Å². The van der Waals surface area contributed by atoms with Crippen LogP contribution in [0.25, 0.3) is 10.8 Å². The third-order valence-electron chi connectivity index (χ3n) is 6.03. The topological polar surface area (TPSA) is 49.4 Å². The number of benzene rings is 4. The number of nitrogens with zero attached hydrogens (tertiary/aromatic N) is 1. The highest BCUT2D eigenvalue weighted by atomic mass is 16.2. The summed E-state index contributed by atoms with van der Waals surface area (Å²) < 4.78 is 0. The van der Waals surface area contributed by atoms with E-state index in [1.165, 1.54) is 5.56 Å². The van der Waals surface area contributed by atoms with E-state index in [-0.39, 0.29) is 11.8 Å². The molecular weight excluding hydrogens is 396 g/mol. The quantitative estimate of drug-likeness (QED) is 0.483. The number of amides is 2. The summed E-state index contributed by atoms with van der Waals surface area (Å²) in [5.41, 5.74) is 3.70. The van der Waals surface area contributed by atoms with Crippen LogP contribution >= 0.6 is 0 Å². The van der Waals surface area contributed by atoms with Crippen LogP contribution in [0.5, 0.6) is 0 Å². The van der Waals surface area contributed by atoms with Crippen molar-refractivity contribution in [2.24, 2.45) is 0 Å². The Morgan fingerprint density at radius 1 is 0.781 bits per heavy atom. The summed E-state index contributed by atoms with van der Waals surface area (Å²) in [6.45, 7) is 0.894. The number of nitrogens with one attached hydrogen (secondary N) is 1. The van der Waals surface area contributed by atoms with Gasteiger partial charge in [-0.15, -0.1) is 0 Å². The summed E-state index contributed by atoms with van der Waals surface area (Å²) >= 11 is 0. The highest BCUT2D eigenvalue weighted by molar-refractivity contribution is 6.13. The largest absolute Gasteiger partial charge is 0.354 e. The van der Waals surface area contributed by atoms with Crippen LogP contribution in [0.3, 0.4) is 0 Å². The van der Waals surface area contributed by atoms with E-state index in [9.17, 15) is 9.59 Å². The molecule has 0 aromatic heterocycles. The zero-order valence-corrected chi connectivity index (χ0v) is 17.7. The van der Waals surface area contributed by atoms with E-state index in [2.05, 4.69) is 17.4 Å². The third-order valence-corrected chi connectivity index (χ3v) is 6.03. The Morgan fingerprint density at radius 3 is 2.16 bits per heavy atom. The standard InChI is InChI=1S/C28H24N2O2/c31-27(29-18-17-20-9-3-1-4-10-20)26-23-15-7-13-22-14-8-16-24(25(22)23)28(32)30(26)19-21-11-5-2-6-12-21/h1-16,26H,17-19H2,(H,29,31). The summed E-state index contributed by atoms with van der Waals surface area (Å²) in [4.78, 5) is 28.7. The minimum Gasteiger partial charge on any atom is -0.354 e. The smallest absolute Gasteiger partial charge is 0.255 e. The molecule has 5 rings (SSSR count). The van der Waals surface area contributed by atoms with Gasteiger partial charge >= 0.3 is 0 Å². The van der Waals surface area contributed by atoms with Crippen LogP contribution in [0.1, 0.15) is 33.1 Å². The van der Waals surface area contributed by atoms with Gasteiger partial charge in [0.1, 0.15) is 6.04 Å². The van der Waals surface area contributed by atoms with Crippen LogP contribution in [0.4, 0.5) is 0 Å². The molecule has 2 amide bonds. The Balaban J connectivity index is 1.49. The fourth-order valence-electron chi connectivity index (χ4n) is 4.51. The van der Waals surface area contributed by atoms with Gasteiger partial charge in [-0.25, -0.2) is 0 Å². The SMILES string of the molecule is O=C(NCCc1ccccc1)C1c2cccc3cccc(c23)C(=O)N1Cc1ccccc1. The Morgan fingerprint density at radius 2 is 1.44 bits per heavy atom. The van der Waals surface area contributed by atoms with Crippen LogP contribution in [-0.4, -0.2) is 23.3 Å². The second kappa shape index (κ2) is 8.67. The van der Waals surface area contributed by atoms with Gasteiger partial charge in [-0.05, 0) is 34.6 Å². The number of carbonyl (C=O) groups is 2. The van der Waals surface area contributed by atoms with E-state index < -0.39 is 6.04 Å². The van der Waals surface area contributed by atoms with Crippen LogP contribution in [-0.2, 0) is 17.8 Å². The molecule has 1 aliphatic rings. The lowest BCUT2D eigenvalue weighted by Gasteiger charge is -2.36. The first kappa shape index (κ1) is 20.0. The van der Waals surface area contributed by atoms with Gasteiger partial charge in [0.25, 0.3) is 5.91 Å². The Bertz CT molecular complexity index is 1260. The molecule has 0 saturated carbocycles. The zero-order valence-electron chi connectivity index (χ0n) is 17.7. The monoisotopic (exact) mass is 420 g/mol. The molecule has 4 aromatic carbocycles. The summed E-state index contributed by atoms with van der Waals surface area (Å²) in [6.07, 6.45) is 0.743. The third kappa shape index (κ3) is 3.76. The first-order valence-electron chi connectivity index (χ1n) is 10.9. The summed E-state index contributed by atoms with van der Waals surface area (Å²) in [7, 11) is 0. The summed E-state index contributed by atoms with van der Waals surface area (Å²) in [5.74, 6) is -0.256. The lowest BCUT2D eigenvalue weighted by molar-refractivity contribution is -0.126. The molecule has 1 unspecified atom stereocenters. The first-order valence-corrected chi connectivity index (χ1v) is 10.9. The Hall–Kier alpha value is -3.92. The molecule has 4 heteroatoms. The van der Waals surface area contributed by atoms with Crippen molar-refractivity contribution in [2.45, 2.75) is 19.0 Å². The maximum absolute atomic E-state index is 13.6. The van der Waals surface area contributed by atoms with Gasteiger partial charge in [0.2, 0.25) is 5.91 Å². The minimum absolute atomic E-state index is 0.110. The average molecular weight is 421 g/mol. The second-order valence-corrected chi connectivity index (χ2v) is 8.10. The van der Waals surface area contributed by atoms with Crippen molar-refractivity contribution in [3.8, 4) is 0 Å². The molecule has 0 fully saturated rings. The van der Waals surface area contributed by atoms with Gasteiger partial charge < -0.3 is 10.2 Å². The van der Waals surface area contributed by atoms with Crippen LogP contribution in [0.2, 0.25) is 0 Å². The molecule has 0 spiro atoms. The molecule has 32 heavy (non-hydrogen) atoms. The number of hydrogen-bond donors (Lipinski definition) is 1. The van der Waals surface area contributed by atoms with Crippen LogP contribution in [0, 0.1) is 0 Å². The molecule has 158 valence electrons. The van der Waals surface area contributed by atoms with Gasteiger partial charge in [-0.3, -0.25) is 9.59 Å². The van der Waals surface area contributed by atoms with E-state index in [1.807, 2.05) is 84.9 Å². The molecule has 0 bridgehead atoms. The molecular formula is C28H24N2O2. The summed E-state index contributed by atoms with van der Waals surface area (Å²) in [5, 5.41) is 4.94. The summed E-state index contributed by atoms with van der Waals surface area (Å²) in [6, 6.07) is 30.9. The van der Waals surface area contributed by atoms with Crippen molar-refractivity contribution in [2.75, 3.05) is 6.54 Å². The predicted octanol–water partition coefficient (Wildman–Crippen LogP) is 4.90. The maximum atomic E-state index is 13.6. The van der Waals surface area contributed by atoms with Crippen molar-refractivity contribution < 1.29 is 9.59 Å². The van der Waals surface area contributed by atoms with Crippen molar-refractivity contribution in [3.05, 3.63) is 119 Å². The minimum atomic E-state index is -0.669. The van der Waals surface area contributed by atoms with Gasteiger partial charge in [0.05, 0.1) is 0 Å². The molecule has 1 heterocycles. The highest BCUT2D eigenvalue weighted by Gasteiger charge is 2.38. The fraction of sp³-hybridized carbons (Fsp3) is 0.143. The lowest BCUT2D eigenvalue weighted by atomic mass is 9.88. The molecule has 1 atom stereocenters. The predicted molar refractivity (Wildman–Crippen MR) is 126 cm³/mol. The molecule has 4 nitrogen and oxygen atoms in total. The second-order valence-electron chi connectivity index (χ2n) is 8.10. The molecule has 0 aliphatic carbocycles. The van der Waals surface area contributed by atoms with Gasteiger partial charge in [0, 0.05) is 24.0 Å². The van der Waals surface area contributed by atoms with E-state index in [1.54, 1.807) is 4.90 Å². The van der Waals surface area contributed by atoms with Crippen molar-refractivity contribution in [3.63, 3.8) is 0 Å². The Labute approximate surface area is 187 Å². The molecule has 4 aromatic rings. The highest BCUT2D eigenvalue weighted by Crippen LogP contribution is 2.38. The molecule has 0 saturated heterocycles. The zero-order chi connectivity index (χ0) is 21.9.